The SMILES string of the molecule is CC(C)=CCN1CCC(NC(=O)CCc2nc(-c3ccc(C)c(F)c3)no2)CC1. The molecule has 0 bridgehead atoms. The number of likely N-dealkylation sites (tertiary alicyclic amines) is 1. The molecule has 1 aliphatic heterocycles. The molecule has 1 aliphatic rings. The molecule has 1 fully saturated rings. The van der Waals surface area contributed by atoms with Gasteiger partial charge in [-0.15, -0.1) is 0 Å². The molecule has 3 rings (SSSR count). The third-order valence-electron chi connectivity index (χ3n) is 5.17. The van der Waals surface area contributed by atoms with Crippen LogP contribution in [-0.2, 0) is 11.2 Å². The third-order valence-corrected chi connectivity index (χ3v) is 5.17. The minimum atomic E-state index is -0.305. The van der Waals surface area contributed by atoms with Gasteiger partial charge in [-0.25, -0.2) is 4.39 Å². The Kier molecular flexibility index (Phi) is 7.14. The molecule has 1 aromatic heterocycles. The number of aryl methyl sites for hydroxylation is 2. The highest BCUT2D eigenvalue weighted by Crippen LogP contribution is 2.19. The van der Waals surface area contributed by atoms with E-state index in [2.05, 4.69) is 40.3 Å². The Morgan fingerprint density at radius 2 is 2.10 bits per heavy atom. The van der Waals surface area contributed by atoms with Crippen molar-refractivity contribution in [3.05, 3.63) is 47.1 Å². The largest absolute Gasteiger partial charge is 0.353 e. The molecule has 1 amide bonds. The Hall–Kier alpha value is -2.54. The van der Waals surface area contributed by atoms with E-state index in [1.165, 1.54) is 11.6 Å². The summed E-state index contributed by atoms with van der Waals surface area (Å²) in [7, 11) is 0. The van der Waals surface area contributed by atoms with Gasteiger partial charge in [-0.05, 0) is 45.2 Å². The average molecular weight is 400 g/mol. The molecule has 0 unspecified atom stereocenters. The van der Waals surface area contributed by atoms with Crippen LogP contribution in [0.25, 0.3) is 11.4 Å². The average Bonchev–Trinajstić information content (AvgIpc) is 3.17. The van der Waals surface area contributed by atoms with Crippen molar-refractivity contribution in [3.63, 3.8) is 0 Å². The van der Waals surface area contributed by atoms with Crippen molar-refractivity contribution >= 4 is 5.91 Å². The van der Waals surface area contributed by atoms with Crippen molar-refractivity contribution in [1.82, 2.24) is 20.4 Å². The predicted octanol–water partition coefficient (Wildman–Crippen LogP) is 3.66. The zero-order valence-corrected chi connectivity index (χ0v) is 17.4. The summed E-state index contributed by atoms with van der Waals surface area (Å²) >= 11 is 0. The lowest BCUT2D eigenvalue weighted by molar-refractivity contribution is -0.122. The Labute approximate surface area is 171 Å². The fourth-order valence-corrected chi connectivity index (χ4v) is 3.30. The number of carbonyl (C=O) groups excluding carboxylic acids is 1. The van der Waals surface area contributed by atoms with Crippen molar-refractivity contribution < 1.29 is 13.7 Å². The van der Waals surface area contributed by atoms with Crippen molar-refractivity contribution in [3.8, 4) is 11.4 Å². The molecule has 2 aromatic rings. The van der Waals surface area contributed by atoms with Gasteiger partial charge < -0.3 is 9.84 Å². The fourth-order valence-electron chi connectivity index (χ4n) is 3.30. The lowest BCUT2D eigenvalue weighted by atomic mass is 10.0. The second-order valence-corrected chi connectivity index (χ2v) is 7.90. The number of allylic oxidation sites excluding steroid dienone is 1. The first-order chi connectivity index (χ1) is 13.9. The zero-order chi connectivity index (χ0) is 20.8. The Morgan fingerprint density at radius 1 is 1.34 bits per heavy atom. The summed E-state index contributed by atoms with van der Waals surface area (Å²) in [4.78, 5) is 19.0. The lowest BCUT2D eigenvalue weighted by Gasteiger charge is -2.31. The summed E-state index contributed by atoms with van der Waals surface area (Å²) in [5.74, 6) is 0.407. The summed E-state index contributed by atoms with van der Waals surface area (Å²) in [6.45, 7) is 8.89. The molecule has 1 saturated heterocycles. The number of amides is 1. The normalized spacial score (nSPS) is 15.3. The van der Waals surface area contributed by atoms with Gasteiger partial charge in [-0.1, -0.05) is 28.9 Å². The number of hydrogen-bond acceptors (Lipinski definition) is 5. The number of nitrogens with one attached hydrogen (secondary N) is 1. The first-order valence-electron chi connectivity index (χ1n) is 10.1. The van der Waals surface area contributed by atoms with Crippen LogP contribution < -0.4 is 5.32 Å². The Morgan fingerprint density at radius 3 is 2.79 bits per heavy atom. The quantitative estimate of drug-likeness (QED) is 0.718. The minimum Gasteiger partial charge on any atom is -0.353 e. The van der Waals surface area contributed by atoms with E-state index in [9.17, 15) is 9.18 Å². The maximum Gasteiger partial charge on any atom is 0.227 e. The third kappa shape index (κ3) is 6.22. The van der Waals surface area contributed by atoms with E-state index < -0.39 is 0 Å². The first kappa shape index (κ1) is 21.2. The Balaban J connectivity index is 1.43. The van der Waals surface area contributed by atoms with Crippen LogP contribution in [0.1, 0.15) is 44.6 Å². The molecule has 156 valence electrons. The van der Waals surface area contributed by atoms with Crippen molar-refractivity contribution in [2.24, 2.45) is 0 Å². The number of hydrogen-bond donors (Lipinski definition) is 1. The molecule has 1 aromatic carbocycles. The Bertz CT molecular complexity index is 865. The monoisotopic (exact) mass is 400 g/mol. The number of carbonyl (C=O) groups is 1. The lowest BCUT2D eigenvalue weighted by Crippen LogP contribution is -2.44. The molecule has 29 heavy (non-hydrogen) atoms. The van der Waals surface area contributed by atoms with E-state index in [-0.39, 0.29) is 17.8 Å². The number of benzene rings is 1. The van der Waals surface area contributed by atoms with E-state index in [1.807, 2.05) is 0 Å². The highest BCUT2D eigenvalue weighted by molar-refractivity contribution is 5.76. The summed E-state index contributed by atoms with van der Waals surface area (Å²) in [6.07, 6.45) is 4.83. The molecular weight excluding hydrogens is 371 g/mol. The van der Waals surface area contributed by atoms with E-state index in [0.717, 1.165) is 32.5 Å². The fraction of sp³-hybridized carbons (Fsp3) is 0.500. The topological polar surface area (TPSA) is 71.3 Å². The van der Waals surface area contributed by atoms with Crippen molar-refractivity contribution in [1.29, 1.82) is 0 Å². The van der Waals surface area contributed by atoms with Crippen LogP contribution in [-0.4, -0.2) is 46.6 Å². The molecule has 7 heteroatoms. The van der Waals surface area contributed by atoms with Gasteiger partial charge in [0.1, 0.15) is 5.82 Å². The number of rotatable bonds is 7. The second-order valence-electron chi connectivity index (χ2n) is 7.90. The van der Waals surface area contributed by atoms with Gasteiger partial charge in [0.05, 0.1) is 0 Å². The van der Waals surface area contributed by atoms with E-state index >= 15 is 0 Å². The maximum absolute atomic E-state index is 13.7. The van der Waals surface area contributed by atoms with Crippen LogP contribution in [0, 0.1) is 12.7 Å². The second kappa shape index (κ2) is 9.78. The highest BCUT2D eigenvalue weighted by Gasteiger charge is 2.20. The van der Waals surface area contributed by atoms with Gasteiger partial charge in [0, 0.05) is 44.1 Å². The van der Waals surface area contributed by atoms with E-state index in [1.54, 1.807) is 19.1 Å². The van der Waals surface area contributed by atoms with Gasteiger partial charge in [0.15, 0.2) is 0 Å². The molecule has 2 heterocycles. The van der Waals surface area contributed by atoms with Crippen LogP contribution in [0.3, 0.4) is 0 Å². The first-order valence-corrected chi connectivity index (χ1v) is 10.1. The smallest absolute Gasteiger partial charge is 0.227 e. The summed E-state index contributed by atoms with van der Waals surface area (Å²) in [6, 6.07) is 5.04. The number of halogens is 1. The van der Waals surface area contributed by atoms with Crippen LogP contribution in [0.5, 0.6) is 0 Å². The number of aromatic nitrogens is 2. The van der Waals surface area contributed by atoms with Gasteiger partial charge in [-0.3, -0.25) is 9.69 Å². The molecule has 6 nitrogen and oxygen atoms in total. The van der Waals surface area contributed by atoms with Gasteiger partial charge in [-0.2, -0.15) is 4.98 Å². The number of nitrogens with zero attached hydrogens (tertiary/aromatic N) is 3. The molecule has 0 aliphatic carbocycles. The van der Waals surface area contributed by atoms with Gasteiger partial charge in [0.25, 0.3) is 0 Å². The molecular formula is C22H29FN4O2. The van der Waals surface area contributed by atoms with Crippen LogP contribution in [0.2, 0.25) is 0 Å². The standard InChI is InChI=1S/C22H29FN4O2/c1-15(2)8-11-27-12-9-18(10-13-27)24-20(28)6-7-21-25-22(26-29-21)17-5-4-16(3)19(23)14-17/h4-5,8,14,18H,6-7,9-13H2,1-3H3,(H,24,28). The molecule has 1 N–H and O–H groups in total. The predicted molar refractivity (Wildman–Crippen MR) is 110 cm³/mol. The minimum absolute atomic E-state index is 0.00567. The summed E-state index contributed by atoms with van der Waals surface area (Å²) in [5, 5.41) is 7.00. The molecule has 0 radical (unpaired) electrons. The maximum atomic E-state index is 13.7. The zero-order valence-electron chi connectivity index (χ0n) is 17.4. The summed E-state index contributed by atoms with van der Waals surface area (Å²) in [5.41, 5.74) is 2.46. The number of piperidine rings is 1. The van der Waals surface area contributed by atoms with Crippen LogP contribution >= 0.6 is 0 Å². The summed E-state index contributed by atoms with van der Waals surface area (Å²) < 4.78 is 18.9. The molecule has 0 saturated carbocycles. The van der Waals surface area contributed by atoms with Crippen LogP contribution in [0.15, 0.2) is 34.4 Å². The van der Waals surface area contributed by atoms with E-state index in [0.29, 0.717) is 35.7 Å². The molecule has 0 atom stereocenters. The van der Waals surface area contributed by atoms with E-state index in [4.69, 9.17) is 4.52 Å². The van der Waals surface area contributed by atoms with Crippen LogP contribution in [0.4, 0.5) is 4.39 Å². The van der Waals surface area contributed by atoms with Crippen molar-refractivity contribution in [2.75, 3.05) is 19.6 Å². The van der Waals surface area contributed by atoms with Crippen molar-refractivity contribution in [2.45, 2.75) is 52.5 Å². The molecule has 0 spiro atoms. The highest BCUT2D eigenvalue weighted by atomic mass is 19.1. The van der Waals surface area contributed by atoms with Gasteiger partial charge in [0.2, 0.25) is 17.6 Å². The van der Waals surface area contributed by atoms with Gasteiger partial charge >= 0.3 is 0 Å².